The molecule has 1 aliphatic heterocycles. The van der Waals surface area contributed by atoms with Crippen molar-refractivity contribution < 1.29 is 4.79 Å². The molecule has 4 heterocycles. The molecule has 0 bridgehead atoms. The van der Waals surface area contributed by atoms with Crippen LogP contribution in [0.4, 0.5) is 23.3 Å². The number of aryl methyl sites for hydroxylation is 1. The Hall–Kier alpha value is -3.56. The first-order valence-electron chi connectivity index (χ1n) is 11.3. The van der Waals surface area contributed by atoms with Crippen molar-refractivity contribution in [1.82, 2.24) is 30.1 Å². The van der Waals surface area contributed by atoms with Crippen LogP contribution >= 0.6 is 0 Å². The number of H-pyrrole nitrogens is 1. The van der Waals surface area contributed by atoms with Crippen molar-refractivity contribution in [3.63, 3.8) is 0 Å². The summed E-state index contributed by atoms with van der Waals surface area (Å²) in [6, 6.07) is 1.76. The Morgan fingerprint density at radius 3 is 2.81 bits per heavy atom. The second-order valence-electron chi connectivity index (χ2n) is 8.72. The number of carbonyl (C=O) groups excluding carboxylic acids is 1. The number of hydrogen-bond donors (Lipinski definition) is 3. The van der Waals surface area contributed by atoms with E-state index in [4.69, 9.17) is 9.97 Å². The number of fused-ring (bicyclic) bond motifs is 1. The third-order valence-corrected chi connectivity index (χ3v) is 6.41. The maximum Gasteiger partial charge on any atom is 0.247 e. The largest absolute Gasteiger partial charge is 0.329 e. The summed E-state index contributed by atoms with van der Waals surface area (Å²) in [6.07, 6.45) is 11.7. The molecule has 3 aromatic rings. The highest BCUT2D eigenvalue weighted by Crippen LogP contribution is 2.40. The van der Waals surface area contributed by atoms with Gasteiger partial charge in [-0.3, -0.25) is 9.89 Å². The summed E-state index contributed by atoms with van der Waals surface area (Å²) in [6.45, 7) is 0.748. The van der Waals surface area contributed by atoms with Crippen molar-refractivity contribution in [1.29, 1.82) is 0 Å². The van der Waals surface area contributed by atoms with Crippen LogP contribution in [0.15, 0.2) is 24.8 Å². The number of nitrogens with one attached hydrogen (secondary N) is 3. The van der Waals surface area contributed by atoms with Crippen LogP contribution in [-0.2, 0) is 17.6 Å². The van der Waals surface area contributed by atoms with Gasteiger partial charge in [0.2, 0.25) is 11.9 Å². The first kappa shape index (κ1) is 19.1. The summed E-state index contributed by atoms with van der Waals surface area (Å²) in [5, 5.41) is 13.9. The summed E-state index contributed by atoms with van der Waals surface area (Å²) in [5.41, 5.74) is 3.94. The molecule has 32 heavy (non-hydrogen) atoms. The lowest BCUT2D eigenvalue weighted by molar-refractivity contribution is -0.117. The van der Waals surface area contributed by atoms with Crippen molar-refractivity contribution in [2.24, 2.45) is 0 Å². The smallest absolute Gasteiger partial charge is 0.247 e. The first-order chi connectivity index (χ1) is 15.7. The van der Waals surface area contributed by atoms with E-state index in [0.29, 0.717) is 17.6 Å². The van der Waals surface area contributed by atoms with Gasteiger partial charge in [-0.2, -0.15) is 10.1 Å². The summed E-state index contributed by atoms with van der Waals surface area (Å²) < 4.78 is 0. The second kappa shape index (κ2) is 7.85. The monoisotopic (exact) mass is 431 g/mol. The van der Waals surface area contributed by atoms with Crippen molar-refractivity contribution in [3.05, 3.63) is 41.7 Å². The lowest BCUT2D eigenvalue weighted by atomic mass is 10.2. The van der Waals surface area contributed by atoms with E-state index >= 15 is 0 Å². The van der Waals surface area contributed by atoms with Gasteiger partial charge in [-0.05, 0) is 44.9 Å². The third-order valence-electron chi connectivity index (χ3n) is 6.41. The minimum absolute atomic E-state index is 0.0847. The first-order valence-corrected chi connectivity index (χ1v) is 11.3. The Bertz CT molecular complexity index is 1140. The molecule has 164 valence electrons. The van der Waals surface area contributed by atoms with Crippen molar-refractivity contribution >= 4 is 29.2 Å². The Kier molecular flexibility index (Phi) is 4.70. The number of aromatic amines is 1. The molecule has 10 nitrogen and oxygen atoms in total. The second-order valence-corrected chi connectivity index (χ2v) is 8.72. The number of amides is 1. The number of rotatable bonds is 6. The number of aromatic nitrogens is 6. The molecule has 1 saturated carbocycles. The maximum atomic E-state index is 13.0. The van der Waals surface area contributed by atoms with Crippen LogP contribution in [0.1, 0.15) is 55.0 Å². The van der Waals surface area contributed by atoms with Gasteiger partial charge in [0.05, 0.1) is 29.5 Å². The zero-order valence-corrected chi connectivity index (χ0v) is 17.7. The number of hydrogen-bond acceptors (Lipinski definition) is 8. The minimum Gasteiger partial charge on any atom is -0.329 e. The molecular formula is C22H25N9O. The third kappa shape index (κ3) is 3.65. The van der Waals surface area contributed by atoms with Gasteiger partial charge >= 0.3 is 0 Å². The van der Waals surface area contributed by atoms with E-state index in [2.05, 4.69) is 36.9 Å². The van der Waals surface area contributed by atoms with Gasteiger partial charge in [-0.25, -0.2) is 15.0 Å². The molecule has 10 heteroatoms. The van der Waals surface area contributed by atoms with Gasteiger partial charge in [-0.15, -0.1) is 0 Å². The summed E-state index contributed by atoms with van der Waals surface area (Å²) >= 11 is 0. The molecule has 0 aromatic carbocycles. The molecule has 2 aliphatic carbocycles. The standard InChI is InChI=1S/C22H25N9O/c32-21(25-14-10-23-12-24-11-14)18-5-2-8-31(18)22-26-16-4-1-3-15(16)20(28-22)27-19-9-17(29-30-19)13-6-7-13/h9-13,18H,1-8H2,(H,25,32)(H2,26,27,28,29,30). The molecule has 3 aliphatic rings. The van der Waals surface area contributed by atoms with E-state index in [0.717, 1.165) is 67.2 Å². The fourth-order valence-electron chi connectivity index (χ4n) is 4.64. The maximum absolute atomic E-state index is 13.0. The lowest BCUT2D eigenvalue weighted by Crippen LogP contribution is -2.40. The molecule has 2 fully saturated rings. The van der Waals surface area contributed by atoms with Crippen LogP contribution < -0.4 is 15.5 Å². The molecule has 3 aromatic heterocycles. The van der Waals surface area contributed by atoms with Crippen LogP contribution in [0, 0.1) is 0 Å². The Morgan fingerprint density at radius 1 is 1.09 bits per heavy atom. The van der Waals surface area contributed by atoms with E-state index in [1.54, 1.807) is 12.4 Å². The molecule has 1 amide bonds. The zero-order valence-electron chi connectivity index (χ0n) is 17.7. The normalized spacial score (nSPS) is 19.8. The van der Waals surface area contributed by atoms with Gasteiger partial charge in [0.1, 0.15) is 24.0 Å². The van der Waals surface area contributed by atoms with Crippen molar-refractivity contribution in [2.45, 2.75) is 56.9 Å². The fourth-order valence-corrected chi connectivity index (χ4v) is 4.64. The minimum atomic E-state index is -0.323. The Morgan fingerprint density at radius 2 is 1.97 bits per heavy atom. The fraction of sp³-hybridized carbons (Fsp3) is 0.455. The molecule has 1 saturated heterocycles. The number of anilines is 4. The average Bonchev–Trinajstić information content (AvgIpc) is 3.20. The van der Waals surface area contributed by atoms with Crippen LogP contribution in [0.3, 0.4) is 0 Å². The molecule has 0 radical (unpaired) electrons. The van der Waals surface area contributed by atoms with Gasteiger partial charge in [0.15, 0.2) is 0 Å². The summed E-state index contributed by atoms with van der Waals surface area (Å²) in [5.74, 6) is 2.78. The lowest BCUT2D eigenvalue weighted by Gasteiger charge is -2.25. The Balaban J connectivity index is 1.27. The molecule has 3 N–H and O–H groups in total. The van der Waals surface area contributed by atoms with E-state index in [1.807, 2.05) is 4.90 Å². The van der Waals surface area contributed by atoms with E-state index in [-0.39, 0.29) is 11.9 Å². The number of nitrogens with zero attached hydrogens (tertiary/aromatic N) is 6. The van der Waals surface area contributed by atoms with Crippen molar-refractivity contribution in [3.8, 4) is 0 Å². The molecular weight excluding hydrogens is 406 g/mol. The van der Waals surface area contributed by atoms with Gasteiger partial charge in [-0.1, -0.05) is 0 Å². The van der Waals surface area contributed by atoms with Crippen LogP contribution in [-0.4, -0.2) is 48.6 Å². The SMILES string of the molecule is O=C(Nc1cncnc1)C1CCCN1c1nc2c(c(Nc3cc(C4CC4)n[nH]3)n1)CCC2. The Labute approximate surface area is 185 Å². The van der Waals surface area contributed by atoms with Crippen molar-refractivity contribution in [2.75, 3.05) is 22.1 Å². The summed E-state index contributed by atoms with van der Waals surface area (Å²) in [7, 11) is 0. The molecule has 1 unspecified atom stereocenters. The van der Waals surface area contributed by atoms with Gasteiger partial charge in [0.25, 0.3) is 0 Å². The molecule has 1 atom stereocenters. The van der Waals surface area contributed by atoms with E-state index < -0.39 is 0 Å². The van der Waals surface area contributed by atoms with Crippen LogP contribution in [0.2, 0.25) is 0 Å². The average molecular weight is 432 g/mol. The quantitative estimate of drug-likeness (QED) is 0.544. The van der Waals surface area contributed by atoms with E-state index in [1.165, 1.54) is 19.2 Å². The van der Waals surface area contributed by atoms with Gasteiger partial charge in [0, 0.05) is 24.1 Å². The predicted octanol–water partition coefficient (Wildman–Crippen LogP) is 2.71. The molecule has 6 rings (SSSR count). The highest BCUT2D eigenvalue weighted by molar-refractivity contribution is 5.96. The predicted molar refractivity (Wildman–Crippen MR) is 119 cm³/mol. The highest BCUT2D eigenvalue weighted by Gasteiger charge is 2.34. The van der Waals surface area contributed by atoms with E-state index in [9.17, 15) is 4.79 Å². The zero-order chi connectivity index (χ0) is 21.5. The topological polar surface area (TPSA) is 125 Å². The highest BCUT2D eigenvalue weighted by atomic mass is 16.2. The molecule has 0 spiro atoms. The summed E-state index contributed by atoms with van der Waals surface area (Å²) in [4.78, 5) is 32.7. The number of carbonyl (C=O) groups is 1. The van der Waals surface area contributed by atoms with Crippen LogP contribution in [0.5, 0.6) is 0 Å². The van der Waals surface area contributed by atoms with Gasteiger partial charge < -0.3 is 15.5 Å². The van der Waals surface area contributed by atoms with Crippen LogP contribution in [0.25, 0.3) is 0 Å².